The molecule has 0 radical (unpaired) electrons. The van der Waals surface area contributed by atoms with Gasteiger partial charge in [-0.15, -0.1) is 0 Å². The largest absolute Gasteiger partial charge is 0.355 e. The smallest absolute Gasteiger partial charge is 0.0390 e. The molecule has 37 heavy (non-hydrogen) atoms. The third-order valence-corrected chi connectivity index (χ3v) is 7.73. The minimum absolute atomic E-state index is 1.09. The van der Waals surface area contributed by atoms with Gasteiger partial charge in [0.1, 0.15) is 0 Å². The van der Waals surface area contributed by atoms with Crippen LogP contribution in [0.1, 0.15) is 0 Å². The van der Waals surface area contributed by atoms with Crippen molar-refractivity contribution in [3.63, 3.8) is 0 Å². The van der Waals surface area contributed by atoms with E-state index < -0.39 is 0 Å². The molecule has 0 atom stereocenters. The van der Waals surface area contributed by atoms with Crippen molar-refractivity contribution in [2.45, 2.75) is 0 Å². The Morgan fingerprint density at radius 2 is 1.05 bits per heavy atom. The highest BCUT2D eigenvalue weighted by Gasteiger charge is 2.21. The van der Waals surface area contributed by atoms with Crippen LogP contribution in [0, 0.1) is 0 Å². The summed E-state index contributed by atoms with van der Waals surface area (Å²) in [5.74, 6) is 0. The first-order valence-electron chi connectivity index (χ1n) is 12.8. The van der Waals surface area contributed by atoms with Crippen molar-refractivity contribution in [2.24, 2.45) is 0 Å². The van der Waals surface area contributed by atoms with Crippen LogP contribution in [0.2, 0.25) is 0 Å². The summed E-state index contributed by atoms with van der Waals surface area (Å²) < 4.78 is 0. The fraction of sp³-hybridized carbons (Fsp3) is 0. The Kier molecular flexibility index (Phi) is 4.29. The fourth-order valence-corrected chi connectivity index (χ4v) is 6.01. The van der Waals surface area contributed by atoms with Gasteiger partial charge >= 0.3 is 0 Å². The Morgan fingerprint density at radius 3 is 1.97 bits per heavy atom. The summed E-state index contributed by atoms with van der Waals surface area (Å²) in [6, 6.07) is 48.5. The van der Waals surface area contributed by atoms with Crippen LogP contribution < -0.4 is 5.32 Å². The maximum Gasteiger partial charge on any atom is 0.0390 e. The summed E-state index contributed by atoms with van der Waals surface area (Å²) in [5.41, 5.74) is 9.89. The van der Waals surface area contributed by atoms with Crippen LogP contribution in [0.3, 0.4) is 0 Å². The highest BCUT2D eigenvalue weighted by Crippen LogP contribution is 2.48. The molecule has 8 rings (SSSR count). The number of benzene rings is 7. The minimum Gasteiger partial charge on any atom is -0.355 e. The summed E-state index contributed by atoms with van der Waals surface area (Å²) in [6.45, 7) is 0. The van der Waals surface area contributed by atoms with Crippen LogP contribution >= 0.6 is 0 Å². The molecule has 1 aliphatic carbocycles. The van der Waals surface area contributed by atoms with Gasteiger partial charge in [0.15, 0.2) is 0 Å². The molecule has 1 N–H and O–H groups in total. The zero-order chi connectivity index (χ0) is 24.3. The standard InChI is InChI=1S/C36H23N/c1-2-11-30-23(6-1)14-15-27-20-26(16-18-31(27)30)25-9-3-10-28(21-25)37-29-17-19-32-33-12-4-7-24-8-5-13-34(36(24)33)35(32)22-29/h1-22,37H. The predicted octanol–water partition coefficient (Wildman–Crippen LogP) is 10.2. The highest BCUT2D eigenvalue weighted by atomic mass is 14.9. The van der Waals surface area contributed by atoms with Crippen LogP contribution in [0.5, 0.6) is 0 Å². The van der Waals surface area contributed by atoms with E-state index in [1.54, 1.807) is 0 Å². The number of anilines is 2. The average molecular weight is 470 g/mol. The lowest BCUT2D eigenvalue weighted by Gasteiger charge is -2.12. The first-order valence-corrected chi connectivity index (χ1v) is 12.8. The third kappa shape index (κ3) is 3.18. The second-order valence-corrected chi connectivity index (χ2v) is 9.90. The molecule has 1 nitrogen and oxygen atoms in total. The maximum atomic E-state index is 3.66. The van der Waals surface area contributed by atoms with Crippen molar-refractivity contribution in [3.05, 3.63) is 133 Å². The normalized spacial score (nSPS) is 11.8. The summed E-state index contributed by atoms with van der Waals surface area (Å²) in [7, 11) is 0. The first kappa shape index (κ1) is 20.3. The van der Waals surface area contributed by atoms with Crippen molar-refractivity contribution >= 4 is 43.7 Å². The second-order valence-electron chi connectivity index (χ2n) is 9.90. The van der Waals surface area contributed by atoms with Crippen LogP contribution in [0.25, 0.3) is 65.7 Å². The number of rotatable bonds is 3. The zero-order valence-corrected chi connectivity index (χ0v) is 20.2. The number of hydrogen-bond acceptors (Lipinski definition) is 1. The van der Waals surface area contributed by atoms with Gasteiger partial charge in [0.25, 0.3) is 0 Å². The molecule has 0 aromatic heterocycles. The van der Waals surface area contributed by atoms with Gasteiger partial charge in [-0.3, -0.25) is 0 Å². The quantitative estimate of drug-likeness (QED) is 0.254. The van der Waals surface area contributed by atoms with Gasteiger partial charge in [-0.2, -0.15) is 0 Å². The Hall–Kier alpha value is -4.88. The van der Waals surface area contributed by atoms with Crippen LogP contribution in [-0.4, -0.2) is 0 Å². The third-order valence-electron chi connectivity index (χ3n) is 7.73. The van der Waals surface area contributed by atoms with E-state index in [0.717, 1.165) is 11.4 Å². The number of hydrogen-bond donors (Lipinski definition) is 1. The number of fused-ring (bicyclic) bond motifs is 6. The van der Waals surface area contributed by atoms with Gasteiger partial charge in [0.2, 0.25) is 0 Å². The van der Waals surface area contributed by atoms with E-state index in [1.807, 2.05) is 0 Å². The van der Waals surface area contributed by atoms with Gasteiger partial charge in [0.05, 0.1) is 0 Å². The predicted molar refractivity (Wildman–Crippen MR) is 159 cm³/mol. The topological polar surface area (TPSA) is 12.0 Å². The Balaban J connectivity index is 1.15. The lowest BCUT2D eigenvalue weighted by atomic mass is 9.97. The minimum atomic E-state index is 1.09. The molecule has 0 saturated heterocycles. The van der Waals surface area contributed by atoms with Crippen molar-refractivity contribution in [3.8, 4) is 33.4 Å². The molecule has 0 aliphatic heterocycles. The van der Waals surface area contributed by atoms with Crippen molar-refractivity contribution in [1.29, 1.82) is 0 Å². The molecule has 7 aromatic rings. The van der Waals surface area contributed by atoms with E-state index in [4.69, 9.17) is 0 Å². The van der Waals surface area contributed by atoms with E-state index in [1.165, 1.54) is 65.7 Å². The van der Waals surface area contributed by atoms with Gasteiger partial charge in [-0.1, -0.05) is 103 Å². The van der Waals surface area contributed by atoms with E-state index >= 15 is 0 Å². The van der Waals surface area contributed by atoms with Crippen LogP contribution in [0.15, 0.2) is 133 Å². The fourth-order valence-electron chi connectivity index (χ4n) is 6.01. The van der Waals surface area contributed by atoms with Crippen molar-refractivity contribution < 1.29 is 0 Å². The molecule has 7 aromatic carbocycles. The molecule has 1 heteroatoms. The van der Waals surface area contributed by atoms with Gasteiger partial charge in [0, 0.05) is 11.4 Å². The molecule has 0 amide bonds. The molecule has 0 bridgehead atoms. The maximum absolute atomic E-state index is 3.66. The Labute approximate surface area is 215 Å². The van der Waals surface area contributed by atoms with E-state index in [9.17, 15) is 0 Å². The van der Waals surface area contributed by atoms with Crippen LogP contribution in [-0.2, 0) is 0 Å². The summed E-state index contributed by atoms with van der Waals surface area (Å²) >= 11 is 0. The monoisotopic (exact) mass is 469 g/mol. The first-order chi connectivity index (χ1) is 18.3. The highest BCUT2D eigenvalue weighted by molar-refractivity contribution is 6.15. The molecule has 0 heterocycles. The molecule has 0 spiro atoms. The lowest BCUT2D eigenvalue weighted by molar-refractivity contribution is 1.54. The Bertz CT molecular complexity index is 2010. The second kappa shape index (κ2) is 7.81. The van der Waals surface area contributed by atoms with E-state index in [0.29, 0.717) is 0 Å². The average Bonchev–Trinajstić information content (AvgIpc) is 3.27. The molecular formula is C36H23N. The summed E-state index contributed by atoms with van der Waals surface area (Å²) in [6.07, 6.45) is 0. The molecule has 0 fully saturated rings. The zero-order valence-electron chi connectivity index (χ0n) is 20.2. The van der Waals surface area contributed by atoms with Gasteiger partial charge in [-0.25, -0.2) is 0 Å². The van der Waals surface area contributed by atoms with E-state index in [2.05, 4.69) is 139 Å². The summed E-state index contributed by atoms with van der Waals surface area (Å²) in [4.78, 5) is 0. The molecule has 0 unspecified atom stereocenters. The molecule has 1 aliphatic rings. The SMILES string of the molecule is c1cc(Nc2ccc3c(c2)-c2cccc4cccc-3c24)cc(-c2ccc3c(ccc4ccccc43)c2)c1. The van der Waals surface area contributed by atoms with Gasteiger partial charge < -0.3 is 5.32 Å². The van der Waals surface area contributed by atoms with Gasteiger partial charge in [-0.05, 0) is 96.0 Å². The lowest BCUT2D eigenvalue weighted by Crippen LogP contribution is -1.91. The van der Waals surface area contributed by atoms with Crippen molar-refractivity contribution in [2.75, 3.05) is 5.32 Å². The van der Waals surface area contributed by atoms with E-state index in [-0.39, 0.29) is 0 Å². The van der Waals surface area contributed by atoms with Crippen LogP contribution in [0.4, 0.5) is 11.4 Å². The molecule has 172 valence electrons. The molecule has 0 saturated carbocycles. The Morgan fingerprint density at radius 1 is 0.351 bits per heavy atom. The number of nitrogens with one attached hydrogen (secondary N) is 1. The molecular weight excluding hydrogens is 446 g/mol. The summed E-state index contributed by atoms with van der Waals surface area (Å²) in [5, 5.41) is 11.5. The van der Waals surface area contributed by atoms with Crippen molar-refractivity contribution in [1.82, 2.24) is 0 Å².